The summed E-state index contributed by atoms with van der Waals surface area (Å²) in [6, 6.07) is 6.32. The molecule has 3 heterocycles. The zero-order valence-electron chi connectivity index (χ0n) is 15.2. The third-order valence-electron chi connectivity index (χ3n) is 4.96. The van der Waals surface area contributed by atoms with Gasteiger partial charge in [-0.3, -0.25) is 9.20 Å². The lowest BCUT2D eigenvalue weighted by Gasteiger charge is -2.25. The number of carbonyl (C=O) groups is 1. The summed E-state index contributed by atoms with van der Waals surface area (Å²) in [5.41, 5.74) is 1.94. The van der Waals surface area contributed by atoms with E-state index in [0.717, 1.165) is 30.8 Å². The first-order chi connectivity index (χ1) is 13.1. The van der Waals surface area contributed by atoms with E-state index in [1.807, 2.05) is 18.5 Å². The van der Waals surface area contributed by atoms with Crippen LogP contribution in [0.2, 0.25) is 0 Å². The lowest BCUT2D eigenvalue weighted by atomic mass is 10.1. The van der Waals surface area contributed by atoms with Crippen LogP contribution in [0, 0.1) is 5.82 Å². The molecule has 1 saturated heterocycles. The Morgan fingerprint density at radius 1 is 1.44 bits per heavy atom. The number of imidazole rings is 1. The van der Waals surface area contributed by atoms with Crippen LogP contribution in [-0.4, -0.2) is 46.5 Å². The molecule has 5 nitrogen and oxygen atoms in total. The number of halogens is 1. The fraction of sp³-hybridized carbons (Fsp3) is 0.400. The number of hydrogen-bond donors (Lipinski definition) is 0. The first kappa shape index (κ1) is 18.1. The van der Waals surface area contributed by atoms with Crippen molar-refractivity contribution in [3.05, 3.63) is 47.4 Å². The van der Waals surface area contributed by atoms with E-state index in [-0.39, 0.29) is 17.8 Å². The van der Waals surface area contributed by atoms with Gasteiger partial charge in [0.25, 0.3) is 5.91 Å². The van der Waals surface area contributed by atoms with Gasteiger partial charge >= 0.3 is 0 Å². The van der Waals surface area contributed by atoms with Crippen molar-refractivity contribution in [3.8, 4) is 11.3 Å². The summed E-state index contributed by atoms with van der Waals surface area (Å²) in [4.78, 5) is 19.9. The van der Waals surface area contributed by atoms with Gasteiger partial charge in [-0.2, -0.15) is 0 Å². The molecule has 0 radical (unpaired) electrons. The predicted molar refractivity (Wildman–Crippen MR) is 104 cm³/mol. The van der Waals surface area contributed by atoms with Crippen LogP contribution in [0.4, 0.5) is 4.39 Å². The molecule has 1 aliphatic heterocycles. The number of nitrogens with zero attached hydrogens (tertiary/aromatic N) is 3. The third kappa shape index (κ3) is 3.89. The molecule has 1 atom stereocenters. The molecule has 4 rings (SSSR count). The van der Waals surface area contributed by atoms with Gasteiger partial charge in [-0.1, -0.05) is 12.1 Å². The molecule has 2 aromatic heterocycles. The lowest BCUT2D eigenvalue weighted by Crippen LogP contribution is -2.32. The highest BCUT2D eigenvalue weighted by atomic mass is 32.1. The SMILES string of the molecule is CN(CC[C@@H]1CCCCO1)C(=O)c1csc2nc(-c3cccc(F)c3)cn12. The maximum atomic E-state index is 13.5. The van der Waals surface area contributed by atoms with Crippen molar-refractivity contribution in [3.63, 3.8) is 0 Å². The van der Waals surface area contributed by atoms with Crippen LogP contribution in [0.1, 0.15) is 36.2 Å². The normalized spacial score (nSPS) is 17.3. The largest absolute Gasteiger partial charge is 0.378 e. The molecule has 142 valence electrons. The molecule has 27 heavy (non-hydrogen) atoms. The van der Waals surface area contributed by atoms with Gasteiger partial charge in [0.15, 0.2) is 4.96 Å². The topological polar surface area (TPSA) is 46.8 Å². The highest BCUT2D eigenvalue weighted by Crippen LogP contribution is 2.25. The van der Waals surface area contributed by atoms with E-state index in [2.05, 4.69) is 4.98 Å². The predicted octanol–water partition coefficient (Wildman–Crippen LogP) is 4.23. The Bertz CT molecular complexity index is 946. The monoisotopic (exact) mass is 387 g/mol. The molecular weight excluding hydrogens is 365 g/mol. The summed E-state index contributed by atoms with van der Waals surface area (Å²) in [7, 11) is 1.82. The van der Waals surface area contributed by atoms with E-state index in [4.69, 9.17) is 4.74 Å². The fourth-order valence-electron chi connectivity index (χ4n) is 3.39. The lowest BCUT2D eigenvalue weighted by molar-refractivity contribution is 0.00705. The Morgan fingerprint density at radius 2 is 2.33 bits per heavy atom. The van der Waals surface area contributed by atoms with Crippen molar-refractivity contribution in [2.24, 2.45) is 0 Å². The van der Waals surface area contributed by atoms with Crippen molar-refractivity contribution >= 4 is 22.2 Å². The smallest absolute Gasteiger partial charge is 0.271 e. The minimum Gasteiger partial charge on any atom is -0.378 e. The summed E-state index contributed by atoms with van der Waals surface area (Å²) < 4.78 is 21.0. The van der Waals surface area contributed by atoms with Gasteiger partial charge in [0.1, 0.15) is 11.5 Å². The number of fused-ring (bicyclic) bond motifs is 1. The summed E-state index contributed by atoms with van der Waals surface area (Å²) in [5, 5.41) is 1.83. The Labute approximate surface area is 161 Å². The van der Waals surface area contributed by atoms with Crippen LogP contribution < -0.4 is 0 Å². The highest BCUT2D eigenvalue weighted by Gasteiger charge is 2.20. The molecule has 7 heteroatoms. The number of benzene rings is 1. The van der Waals surface area contributed by atoms with Crippen LogP contribution in [0.15, 0.2) is 35.8 Å². The van der Waals surface area contributed by atoms with Crippen molar-refractivity contribution in [1.29, 1.82) is 0 Å². The van der Waals surface area contributed by atoms with Crippen molar-refractivity contribution in [1.82, 2.24) is 14.3 Å². The molecule has 1 fully saturated rings. The maximum Gasteiger partial charge on any atom is 0.271 e. The van der Waals surface area contributed by atoms with Gasteiger partial charge < -0.3 is 9.64 Å². The fourth-order valence-corrected chi connectivity index (χ4v) is 4.24. The van der Waals surface area contributed by atoms with Gasteiger partial charge in [0, 0.05) is 37.3 Å². The third-order valence-corrected chi connectivity index (χ3v) is 5.80. The van der Waals surface area contributed by atoms with Gasteiger partial charge in [-0.15, -0.1) is 11.3 Å². The molecule has 3 aromatic rings. The number of thiazole rings is 1. The number of rotatable bonds is 5. The van der Waals surface area contributed by atoms with Gasteiger partial charge in [0.2, 0.25) is 0 Å². The molecule has 0 bridgehead atoms. The van der Waals surface area contributed by atoms with Crippen molar-refractivity contribution in [2.45, 2.75) is 31.8 Å². The molecule has 0 N–H and O–H groups in total. The molecule has 0 saturated carbocycles. The van der Waals surface area contributed by atoms with Gasteiger partial charge in [-0.25, -0.2) is 9.37 Å². The van der Waals surface area contributed by atoms with E-state index >= 15 is 0 Å². The summed E-state index contributed by atoms with van der Waals surface area (Å²) >= 11 is 1.41. The van der Waals surface area contributed by atoms with E-state index in [0.29, 0.717) is 23.5 Å². The Morgan fingerprint density at radius 3 is 3.11 bits per heavy atom. The second-order valence-corrected chi connectivity index (χ2v) is 7.75. The maximum absolute atomic E-state index is 13.5. The van der Waals surface area contributed by atoms with E-state index in [9.17, 15) is 9.18 Å². The van der Waals surface area contributed by atoms with Crippen LogP contribution in [0.5, 0.6) is 0 Å². The molecule has 1 amide bonds. The standard InChI is InChI=1S/C20H22FN3O2S/c1-23(9-8-16-7-2-3-10-26-16)19(25)18-13-27-20-22-17(12-24(18)20)14-5-4-6-15(21)11-14/h4-6,11-13,16H,2-3,7-10H2,1H3/t16-/m0/s1. The molecular formula is C20H22FN3O2S. The average molecular weight is 387 g/mol. The van der Waals surface area contributed by atoms with Gasteiger partial charge in [0.05, 0.1) is 11.8 Å². The minimum absolute atomic E-state index is 0.0414. The van der Waals surface area contributed by atoms with Crippen LogP contribution >= 0.6 is 11.3 Å². The molecule has 0 aliphatic carbocycles. The van der Waals surface area contributed by atoms with E-state index in [1.165, 1.54) is 29.9 Å². The number of amides is 1. The quantitative estimate of drug-likeness (QED) is 0.658. The average Bonchev–Trinajstić information content (AvgIpc) is 3.27. The minimum atomic E-state index is -0.301. The summed E-state index contributed by atoms with van der Waals surface area (Å²) in [6.45, 7) is 1.48. The van der Waals surface area contributed by atoms with Crippen LogP contribution in [0.3, 0.4) is 0 Å². The number of hydrogen-bond acceptors (Lipinski definition) is 4. The second kappa shape index (κ2) is 7.78. The summed E-state index contributed by atoms with van der Waals surface area (Å²) in [5.74, 6) is -0.343. The van der Waals surface area contributed by atoms with Crippen molar-refractivity contribution in [2.75, 3.05) is 20.2 Å². The number of aromatic nitrogens is 2. The first-order valence-electron chi connectivity index (χ1n) is 9.21. The molecule has 0 unspecified atom stereocenters. The Kier molecular flexibility index (Phi) is 5.22. The van der Waals surface area contributed by atoms with E-state index < -0.39 is 0 Å². The van der Waals surface area contributed by atoms with E-state index in [1.54, 1.807) is 21.6 Å². The summed E-state index contributed by atoms with van der Waals surface area (Å²) in [6.07, 6.45) is 6.31. The van der Waals surface area contributed by atoms with Crippen molar-refractivity contribution < 1.29 is 13.9 Å². The molecule has 1 aliphatic rings. The first-order valence-corrected chi connectivity index (χ1v) is 10.1. The zero-order valence-corrected chi connectivity index (χ0v) is 16.0. The Hall–Kier alpha value is -2.25. The Balaban J connectivity index is 1.50. The second-order valence-electron chi connectivity index (χ2n) is 6.91. The zero-order chi connectivity index (χ0) is 18.8. The molecule has 0 spiro atoms. The number of carbonyl (C=O) groups excluding carboxylic acids is 1. The van der Waals surface area contributed by atoms with Crippen LogP contribution in [-0.2, 0) is 4.74 Å². The van der Waals surface area contributed by atoms with Gasteiger partial charge in [-0.05, 0) is 37.8 Å². The number of ether oxygens (including phenoxy) is 1. The molecule has 1 aromatic carbocycles. The van der Waals surface area contributed by atoms with Crippen LogP contribution in [0.25, 0.3) is 16.2 Å². The highest BCUT2D eigenvalue weighted by molar-refractivity contribution is 7.15.